The van der Waals surface area contributed by atoms with E-state index in [0.29, 0.717) is 5.91 Å². The number of benzene rings is 1. The van der Waals surface area contributed by atoms with Gasteiger partial charge < -0.3 is 10.2 Å². The normalized spacial score (nSPS) is 36.7. The number of likely N-dealkylation sites (N-methyl/N-ethyl adjacent to an activating group) is 1. The second-order valence-electron chi connectivity index (χ2n) is 10.7. The van der Waals surface area contributed by atoms with E-state index in [0.717, 1.165) is 63.2 Å². The SMILES string of the molecule is C[C@@H](NC(=O)C12CC3CC(CC(C3)C1)C2)[C@@H](c1ccccc1)N1CCN(C)CC1. The maximum absolute atomic E-state index is 13.6. The molecule has 4 bridgehead atoms. The van der Waals surface area contributed by atoms with Gasteiger partial charge in [0.1, 0.15) is 0 Å². The van der Waals surface area contributed by atoms with Crippen LogP contribution in [-0.2, 0) is 4.79 Å². The third-order valence-corrected chi connectivity index (χ3v) is 8.42. The van der Waals surface area contributed by atoms with Crippen molar-refractivity contribution in [3.05, 3.63) is 35.9 Å². The first-order valence-corrected chi connectivity index (χ1v) is 11.8. The summed E-state index contributed by atoms with van der Waals surface area (Å²) in [7, 11) is 2.20. The van der Waals surface area contributed by atoms with E-state index >= 15 is 0 Å². The summed E-state index contributed by atoms with van der Waals surface area (Å²) in [6, 6.07) is 11.2. The Hall–Kier alpha value is -1.39. The smallest absolute Gasteiger partial charge is 0.226 e. The van der Waals surface area contributed by atoms with Crippen LogP contribution in [0.5, 0.6) is 0 Å². The minimum absolute atomic E-state index is 0.0631. The van der Waals surface area contributed by atoms with Crippen LogP contribution < -0.4 is 5.32 Å². The van der Waals surface area contributed by atoms with Crippen LogP contribution in [0.3, 0.4) is 0 Å². The van der Waals surface area contributed by atoms with Crippen LogP contribution in [0.15, 0.2) is 30.3 Å². The van der Waals surface area contributed by atoms with Crippen LogP contribution in [0, 0.1) is 23.2 Å². The fourth-order valence-electron chi connectivity index (χ4n) is 7.39. The molecule has 2 atom stereocenters. The highest BCUT2D eigenvalue weighted by molar-refractivity contribution is 5.83. The summed E-state index contributed by atoms with van der Waals surface area (Å²) in [5.74, 6) is 2.79. The number of rotatable bonds is 5. The number of carbonyl (C=O) groups excluding carboxylic acids is 1. The Labute approximate surface area is 176 Å². The molecule has 1 aromatic carbocycles. The van der Waals surface area contributed by atoms with Crippen LogP contribution in [0.4, 0.5) is 0 Å². The van der Waals surface area contributed by atoms with Gasteiger partial charge in [0.25, 0.3) is 0 Å². The van der Waals surface area contributed by atoms with E-state index in [1.807, 2.05) is 0 Å². The number of piperazine rings is 1. The zero-order valence-corrected chi connectivity index (χ0v) is 18.1. The molecule has 0 spiro atoms. The number of nitrogens with zero attached hydrogens (tertiary/aromatic N) is 2. The first-order valence-electron chi connectivity index (χ1n) is 11.8. The lowest BCUT2D eigenvalue weighted by Gasteiger charge is -2.56. The van der Waals surface area contributed by atoms with Crippen LogP contribution >= 0.6 is 0 Å². The summed E-state index contributed by atoms with van der Waals surface area (Å²) >= 11 is 0. The zero-order valence-electron chi connectivity index (χ0n) is 18.1. The van der Waals surface area contributed by atoms with Gasteiger partial charge in [-0.25, -0.2) is 0 Å². The molecule has 0 radical (unpaired) electrons. The summed E-state index contributed by atoms with van der Waals surface area (Å²) in [6.45, 7) is 6.55. The second kappa shape index (κ2) is 7.70. The first-order chi connectivity index (χ1) is 14.0. The quantitative estimate of drug-likeness (QED) is 0.826. The average Bonchev–Trinajstić information content (AvgIpc) is 2.69. The first kappa shape index (κ1) is 19.6. The largest absolute Gasteiger partial charge is 0.351 e. The molecule has 1 N–H and O–H groups in total. The van der Waals surface area contributed by atoms with Gasteiger partial charge in [0, 0.05) is 37.6 Å². The van der Waals surface area contributed by atoms with Crippen LogP contribution in [0.1, 0.15) is 57.1 Å². The molecule has 1 aliphatic heterocycles. The van der Waals surface area contributed by atoms with Gasteiger partial charge in [-0.05, 0) is 75.8 Å². The van der Waals surface area contributed by atoms with Gasteiger partial charge in [-0.2, -0.15) is 0 Å². The Morgan fingerprint density at radius 3 is 2.07 bits per heavy atom. The van der Waals surface area contributed by atoms with Crippen molar-refractivity contribution in [3.8, 4) is 0 Å². The van der Waals surface area contributed by atoms with Crippen molar-refractivity contribution >= 4 is 5.91 Å². The predicted molar refractivity (Wildman–Crippen MR) is 116 cm³/mol. The summed E-state index contributed by atoms with van der Waals surface area (Å²) in [4.78, 5) is 18.6. The number of carbonyl (C=O) groups is 1. The lowest BCUT2D eigenvalue weighted by Crippen LogP contribution is -2.57. The Bertz CT molecular complexity index is 690. The van der Waals surface area contributed by atoms with E-state index in [1.165, 1.54) is 24.8 Å². The maximum atomic E-state index is 13.6. The lowest BCUT2D eigenvalue weighted by molar-refractivity contribution is -0.147. The average molecular weight is 396 g/mol. The molecule has 0 aromatic heterocycles. The summed E-state index contributed by atoms with van der Waals surface area (Å²) < 4.78 is 0. The summed E-state index contributed by atoms with van der Waals surface area (Å²) in [6.07, 6.45) is 7.58. The molecule has 1 aromatic rings. The molecule has 5 aliphatic rings. The van der Waals surface area contributed by atoms with E-state index in [2.05, 4.69) is 59.4 Å². The van der Waals surface area contributed by atoms with Gasteiger partial charge >= 0.3 is 0 Å². The molecular weight excluding hydrogens is 358 g/mol. The molecular formula is C25H37N3O. The van der Waals surface area contributed by atoms with Crippen molar-refractivity contribution in [2.45, 2.75) is 57.5 Å². The molecule has 4 saturated carbocycles. The van der Waals surface area contributed by atoms with Gasteiger partial charge in [0.15, 0.2) is 0 Å². The Balaban J connectivity index is 1.34. The van der Waals surface area contributed by atoms with Crippen molar-refractivity contribution < 1.29 is 4.79 Å². The van der Waals surface area contributed by atoms with Gasteiger partial charge in [0.2, 0.25) is 5.91 Å². The van der Waals surface area contributed by atoms with Crippen LogP contribution in [-0.4, -0.2) is 55.0 Å². The Morgan fingerprint density at radius 1 is 0.966 bits per heavy atom. The van der Waals surface area contributed by atoms with Crippen LogP contribution in [0.25, 0.3) is 0 Å². The van der Waals surface area contributed by atoms with E-state index in [9.17, 15) is 4.79 Å². The molecule has 4 nitrogen and oxygen atoms in total. The predicted octanol–water partition coefficient (Wildman–Crippen LogP) is 3.70. The molecule has 29 heavy (non-hydrogen) atoms. The molecule has 1 amide bonds. The Kier molecular flexibility index (Phi) is 5.19. The van der Waals surface area contributed by atoms with Crippen molar-refractivity contribution in [1.29, 1.82) is 0 Å². The fourth-order valence-corrected chi connectivity index (χ4v) is 7.39. The number of amides is 1. The monoisotopic (exact) mass is 395 g/mol. The number of hydrogen-bond acceptors (Lipinski definition) is 3. The summed E-state index contributed by atoms with van der Waals surface area (Å²) in [5.41, 5.74) is 1.27. The zero-order chi connectivity index (χ0) is 20.0. The number of hydrogen-bond donors (Lipinski definition) is 1. The topological polar surface area (TPSA) is 35.6 Å². The molecule has 1 heterocycles. The lowest BCUT2D eigenvalue weighted by atomic mass is 9.49. The van der Waals surface area contributed by atoms with E-state index in [1.54, 1.807) is 0 Å². The number of nitrogens with one attached hydrogen (secondary N) is 1. The third kappa shape index (κ3) is 3.74. The minimum Gasteiger partial charge on any atom is -0.351 e. The summed E-state index contributed by atoms with van der Waals surface area (Å²) in [5, 5.41) is 3.55. The fraction of sp³-hybridized carbons (Fsp3) is 0.720. The van der Waals surface area contributed by atoms with Gasteiger partial charge in [0.05, 0.1) is 6.04 Å². The Morgan fingerprint density at radius 2 is 1.52 bits per heavy atom. The molecule has 6 rings (SSSR count). The minimum atomic E-state index is -0.0631. The molecule has 4 heteroatoms. The second-order valence-corrected chi connectivity index (χ2v) is 10.7. The highest BCUT2D eigenvalue weighted by Gasteiger charge is 2.54. The van der Waals surface area contributed by atoms with Crippen molar-refractivity contribution in [3.63, 3.8) is 0 Å². The molecule has 1 saturated heterocycles. The van der Waals surface area contributed by atoms with E-state index in [4.69, 9.17) is 0 Å². The maximum Gasteiger partial charge on any atom is 0.226 e. The van der Waals surface area contributed by atoms with Gasteiger partial charge in [-0.1, -0.05) is 30.3 Å². The molecule has 158 valence electrons. The van der Waals surface area contributed by atoms with E-state index < -0.39 is 0 Å². The van der Waals surface area contributed by atoms with Crippen molar-refractivity contribution in [2.75, 3.05) is 33.2 Å². The van der Waals surface area contributed by atoms with Crippen LogP contribution in [0.2, 0.25) is 0 Å². The molecule has 4 aliphatic carbocycles. The van der Waals surface area contributed by atoms with Gasteiger partial charge in [-0.3, -0.25) is 9.69 Å². The standard InChI is InChI=1S/C25H37N3O/c1-18(23(22-6-4-3-5-7-22)28-10-8-27(2)9-11-28)26-24(29)25-15-19-12-20(16-25)14-21(13-19)17-25/h3-7,18-21,23H,8-17H2,1-2H3,(H,26,29)/t18-,19?,20?,21?,23+,25?/m1/s1. The van der Waals surface area contributed by atoms with Gasteiger partial charge in [-0.15, -0.1) is 0 Å². The highest BCUT2D eigenvalue weighted by Crippen LogP contribution is 2.60. The highest BCUT2D eigenvalue weighted by atomic mass is 16.2. The van der Waals surface area contributed by atoms with Crippen molar-refractivity contribution in [2.24, 2.45) is 23.2 Å². The molecule has 0 unspecified atom stereocenters. The van der Waals surface area contributed by atoms with E-state index in [-0.39, 0.29) is 17.5 Å². The third-order valence-electron chi connectivity index (χ3n) is 8.42. The van der Waals surface area contributed by atoms with Crippen molar-refractivity contribution in [1.82, 2.24) is 15.1 Å². The molecule has 5 fully saturated rings.